The minimum atomic E-state index is -0.532. The van der Waals surface area contributed by atoms with Gasteiger partial charge < -0.3 is 10.4 Å². The topological polar surface area (TPSA) is 60.9 Å². The second kappa shape index (κ2) is 6.43. The number of H-pyrrole nitrogens is 1. The van der Waals surface area contributed by atoms with Gasteiger partial charge in [-0.05, 0) is 28.0 Å². The fourth-order valence-electron chi connectivity index (χ4n) is 3.05. The van der Waals surface area contributed by atoms with Crippen molar-refractivity contribution in [1.29, 1.82) is 0 Å². The van der Waals surface area contributed by atoms with Gasteiger partial charge in [0.05, 0.1) is 17.8 Å². The normalized spacial score (nSPS) is 12.7. The van der Waals surface area contributed by atoms with Crippen LogP contribution in [0.15, 0.2) is 66.9 Å². The number of rotatable bonds is 5. The molecule has 0 saturated heterocycles. The Hall–Kier alpha value is -2.69. The summed E-state index contributed by atoms with van der Waals surface area (Å²) >= 11 is 0. The molecule has 1 aromatic heterocycles. The van der Waals surface area contributed by atoms with Crippen molar-refractivity contribution < 1.29 is 5.11 Å². The van der Waals surface area contributed by atoms with Crippen molar-refractivity contribution in [2.24, 2.45) is 0 Å². The molecule has 0 saturated carbocycles. The lowest BCUT2D eigenvalue weighted by Gasteiger charge is -2.13. The predicted molar refractivity (Wildman–Crippen MR) is 96.7 cm³/mol. The number of aromatic amines is 1. The fraction of sp³-hybridized carbons (Fsp3) is 0.150. The van der Waals surface area contributed by atoms with E-state index in [0.717, 1.165) is 27.4 Å². The molecule has 4 rings (SSSR count). The Morgan fingerprint density at radius 2 is 1.79 bits per heavy atom. The highest BCUT2D eigenvalue weighted by molar-refractivity contribution is 5.83. The van der Waals surface area contributed by atoms with E-state index in [9.17, 15) is 5.11 Å². The second-order valence-corrected chi connectivity index (χ2v) is 6.00. The molecule has 4 nitrogen and oxygen atoms in total. The molecule has 0 aliphatic heterocycles. The summed E-state index contributed by atoms with van der Waals surface area (Å²) in [5, 5.41) is 24.3. The first kappa shape index (κ1) is 14.9. The van der Waals surface area contributed by atoms with Crippen LogP contribution < -0.4 is 5.32 Å². The molecule has 1 atom stereocenters. The maximum absolute atomic E-state index is 10.4. The Balaban J connectivity index is 1.44. The van der Waals surface area contributed by atoms with Gasteiger partial charge in [0, 0.05) is 18.5 Å². The number of para-hydroxylation sites is 1. The summed E-state index contributed by atoms with van der Waals surface area (Å²) in [6, 6.07) is 20.4. The second-order valence-electron chi connectivity index (χ2n) is 6.00. The van der Waals surface area contributed by atoms with Gasteiger partial charge in [-0.1, -0.05) is 54.6 Å². The van der Waals surface area contributed by atoms with Crippen LogP contribution in [0.4, 0.5) is 0 Å². The number of nitrogens with one attached hydrogen (secondary N) is 2. The van der Waals surface area contributed by atoms with Crippen LogP contribution in [0, 0.1) is 0 Å². The van der Waals surface area contributed by atoms with Crippen LogP contribution in [0.1, 0.15) is 17.2 Å². The van der Waals surface area contributed by atoms with Gasteiger partial charge >= 0.3 is 0 Å². The number of benzene rings is 3. The van der Waals surface area contributed by atoms with Crippen molar-refractivity contribution in [2.45, 2.75) is 12.6 Å². The van der Waals surface area contributed by atoms with Crippen LogP contribution in [0.3, 0.4) is 0 Å². The van der Waals surface area contributed by atoms with E-state index >= 15 is 0 Å². The van der Waals surface area contributed by atoms with Crippen LogP contribution >= 0.6 is 0 Å². The summed E-state index contributed by atoms with van der Waals surface area (Å²) in [6.07, 6.45) is 1.29. The van der Waals surface area contributed by atoms with Crippen molar-refractivity contribution in [3.8, 4) is 0 Å². The molecule has 4 heteroatoms. The monoisotopic (exact) mass is 317 g/mol. The van der Waals surface area contributed by atoms with E-state index in [4.69, 9.17) is 0 Å². The first-order valence-corrected chi connectivity index (χ1v) is 8.10. The lowest BCUT2D eigenvalue weighted by atomic mass is 10.0. The Bertz CT molecular complexity index is 977. The molecule has 120 valence electrons. The predicted octanol–water partition coefficient (Wildman–Crippen LogP) is 3.54. The molecule has 0 aliphatic carbocycles. The Labute approximate surface area is 140 Å². The largest absolute Gasteiger partial charge is 0.387 e. The molecule has 1 heterocycles. The van der Waals surface area contributed by atoms with E-state index in [1.54, 1.807) is 0 Å². The van der Waals surface area contributed by atoms with Crippen LogP contribution in [-0.2, 0) is 6.54 Å². The molecule has 0 radical (unpaired) electrons. The molecule has 0 aliphatic rings. The number of hydrogen-bond donors (Lipinski definition) is 3. The van der Waals surface area contributed by atoms with Gasteiger partial charge in [-0.2, -0.15) is 5.10 Å². The maximum Gasteiger partial charge on any atom is 0.0914 e. The molecule has 4 aromatic rings. The summed E-state index contributed by atoms with van der Waals surface area (Å²) in [4.78, 5) is 0. The zero-order valence-corrected chi connectivity index (χ0v) is 13.2. The smallest absolute Gasteiger partial charge is 0.0914 e. The average Bonchev–Trinajstić information content (AvgIpc) is 3.11. The Kier molecular flexibility index (Phi) is 3.99. The van der Waals surface area contributed by atoms with Gasteiger partial charge in [-0.3, -0.25) is 5.10 Å². The number of aliphatic hydroxyl groups is 1. The summed E-state index contributed by atoms with van der Waals surface area (Å²) in [5.41, 5.74) is 3.13. The lowest BCUT2D eigenvalue weighted by Crippen LogP contribution is -2.21. The highest BCUT2D eigenvalue weighted by Crippen LogP contribution is 2.20. The van der Waals surface area contributed by atoms with Crippen LogP contribution in [0.2, 0.25) is 0 Å². The lowest BCUT2D eigenvalue weighted by molar-refractivity contribution is 0.174. The Morgan fingerprint density at radius 3 is 2.71 bits per heavy atom. The number of hydrogen-bond acceptors (Lipinski definition) is 3. The van der Waals surface area contributed by atoms with E-state index in [0.29, 0.717) is 13.1 Å². The summed E-state index contributed by atoms with van der Waals surface area (Å²) in [6.45, 7) is 1.19. The van der Waals surface area contributed by atoms with Gasteiger partial charge in [0.25, 0.3) is 0 Å². The quantitative estimate of drug-likeness (QED) is 0.527. The van der Waals surface area contributed by atoms with Crippen LogP contribution in [0.25, 0.3) is 21.7 Å². The van der Waals surface area contributed by atoms with E-state index < -0.39 is 6.10 Å². The third-order valence-electron chi connectivity index (χ3n) is 4.37. The molecule has 0 bridgehead atoms. The van der Waals surface area contributed by atoms with Crippen molar-refractivity contribution >= 4 is 21.7 Å². The van der Waals surface area contributed by atoms with Crippen molar-refractivity contribution in [3.05, 3.63) is 78.0 Å². The molecule has 0 spiro atoms. The minimum Gasteiger partial charge on any atom is -0.387 e. The number of aliphatic hydroxyl groups excluding tert-OH is 1. The zero-order valence-electron chi connectivity index (χ0n) is 13.2. The fourth-order valence-corrected chi connectivity index (χ4v) is 3.05. The molecule has 3 N–H and O–H groups in total. The molecule has 3 aromatic carbocycles. The molecular formula is C20H19N3O. The summed E-state index contributed by atoms with van der Waals surface area (Å²) in [7, 11) is 0. The van der Waals surface area contributed by atoms with Gasteiger partial charge in [0.2, 0.25) is 0 Å². The third kappa shape index (κ3) is 2.89. The van der Waals surface area contributed by atoms with Gasteiger partial charge in [-0.15, -0.1) is 0 Å². The zero-order chi connectivity index (χ0) is 16.4. The van der Waals surface area contributed by atoms with Gasteiger partial charge in [0.15, 0.2) is 0 Å². The third-order valence-corrected chi connectivity index (χ3v) is 4.37. The van der Waals surface area contributed by atoms with Crippen molar-refractivity contribution in [1.82, 2.24) is 15.5 Å². The van der Waals surface area contributed by atoms with E-state index in [1.807, 2.05) is 36.5 Å². The molecule has 0 amide bonds. The number of fused-ring (bicyclic) bond motifs is 2. The van der Waals surface area contributed by atoms with Crippen LogP contribution in [-0.4, -0.2) is 21.8 Å². The van der Waals surface area contributed by atoms with E-state index in [2.05, 4.69) is 45.8 Å². The maximum atomic E-state index is 10.4. The molecule has 1 unspecified atom stereocenters. The summed E-state index contributed by atoms with van der Waals surface area (Å²) in [5.74, 6) is 0. The molecule has 0 fully saturated rings. The minimum absolute atomic E-state index is 0.503. The van der Waals surface area contributed by atoms with Crippen molar-refractivity contribution in [3.63, 3.8) is 0 Å². The standard InChI is InChI=1S/C20H19N3O/c24-19(16-9-8-14-4-1-2-5-15(14)10-16)13-21-11-17-6-3-7-18-12-22-23-20(17)18/h1-10,12,19,21,24H,11,13H2,(H,22,23). The van der Waals surface area contributed by atoms with E-state index in [-0.39, 0.29) is 0 Å². The first-order valence-electron chi connectivity index (χ1n) is 8.10. The average molecular weight is 317 g/mol. The van der Waals surface area contributed by atoms with Crippen molar-refractivity contribution in [2.75, 3.05) is 6.54 Å². The van der Waals surface area contributed by atoms with Gasteiger partial charge in [0.1, 0.15) is 0 Å². The Morgan fingerprint density at radius 1 is 0.958 bits per heavy atom. The highest BCUT2D eigenvalue weighted by atomic mass is 16.3. The van der Waals surface area contributed by atoms with Crippen LogP contribution in [0.5, 0.6) is 0 Å². The summed E-state index contributed by atoms with van der Waals surface area (Å²) < 4.78 is 0. The number of nitrogens with zero attached hydrogens (tertiary/aromatic N) is 1. The number of aromatic nitrogens is 2. The van der Waals surface area contributed by atoms with E-state index in [1.165, 1.54) is 5.39 Å². The molecule has 24 heavy (non-hydrogen) atoms. The first-order chi connectivity index (χ1) is 11.8. The highest BCUT2D eigenvalue weighted by Gasteiger charge is 2.09. The van der Waals surface area contributed by atoms with Gasteiger partial charge in [-0.25, -0.2) is 0 Å². The molecular weight excluding hydrogens is 298 g/mol. The SMILES string of the molecule is OC(CNCc1cccc2cn[nH]c12)c1ccc2ccccc2c1.